The summed E-state index contributed by atoms with van der Waals surface area (Å²) in [5, 5.41) is 0. The normalized spacial score (nSPS) is 8.11. The summed E-state index contributed by atoms with van der Waals surface area (Å²) < 4.78 is 11.1. The van der Waals surface area contributed by atoms with Gasteiger partial charge in [-0.25, -0.2) is 0 Å². The van der Waals surface area contributed by atoms with Gasteiger partial charge in [0, 0.05) is 0 Å². The fraction of sp³-hybridized carbons (Fsp3) is 0. The van der Waals surface area contributed by atoms with Gasteiger partial charge < -0.3 is 0 Å². The van der Waals surface area contributed by atoms with Crippen molar-refractivity contribution in [3.8, 4) is 0 Å². The van der Waals surface area contributed by atoms with Crippen LogP contribution < -0.4 is 38.2 Å². The van der Waals surface area contributed by atoms with Crippen molar-refractivity contribution in [1.82, 2.24) is 0 Å². The summed E-state index contributed by atoms with van der Waals surface area (Å²) in [5.74, 6) is 0. The van der Waals surface area contributed by atoms with E-state index in [1.807, 2.05) is 30.3 Å². The summed E-state index contributed by atoms with van der Waals surface area (Å²) in [5.41, 5.74) is 0. The summed E-state index contributed by atoms with van der Waals surface area (Å²) in [6, 6.07) is 9.39. The van der Waals surface area contributed by atoms with Crippen molar-refractivity contribution in [2.24, 2.45) is 0 Å². The van der Waals surface area contributed by atoms with Crippen LogP contribution in [0, 0.1) is 0 Å². The van der Waals surface area contributed by atoms with Gasteiger partial charge in [-0.1, -0.05) is 0 Å². The zero-order valence-corrected chi connectivity index (χ0v) is 8.92. The Morgan fingerprint density at radius 2 is 1.67 bits per heavy atom. The van der Waals surface area contributed by atoms with Gasteiger partial charge in [0.15, 0.2) is 0 Å². The van der Waals surface area contributed by atoms with Crippen molar-refractivity contribution in [1.29, 1.82) is 0 Å². The van der Waals surface area contributed by atoms with E-state index in [-0.39, 0.29) is 29.6 Å². The van der Waals surface area contributed by atoms with Gasteiger partial charge in [-0.3, -0.25) is 0 Å². The Kier molecular flexibility index (Phi) is 5.91. The summed E-state index contributed by atoms with van der Waals surface area (Å²) >= 11 is -0.582. The molecule has 0 aromatic heterocycles. The Labute approximate surface area is 83.2 Å². The van der Waals surface area contributed by atoms with Crippen LogP contribution in [0.25, 0.3) is 0 Å². The Hall–Kier alpha value is 0.699. The fourth-order valence-electron chi connectivity index (χ4n) is 0.476. The molecule has 0 aliphatic carbocycles. The molecule has 1 rings (SSSR count). The van der Waals surface area contributed by atoms with Crippen LogP contribution in [-0.4, -0.2) is 15.3 Å². The van der Waals surface area contributed by atoms with Gasteiger partial charge in [-0.2, -0.15) is 0 Å². The van der Waals surface area contributed by atoms with E-state index in [0.29, 0.717) is 0 Å². The van der Waals surface area contributed by atoms with E-state index in [4.69, 9.17) is 0 Å². The van der Waals surface area contributed by atoms with Gasteiger partial charge >= 0.3 is 83.8 Å². The molecule has 1 aromatic rings. The van der Waals surface area contributed by atoms with Crippen molar-refractivity contribution < 1.29 is 33.7 Å². The molecule has 0 spiro atoms. The first-order chi connectivity index (χ1) is 3.93. The number of hydrogen-bond donors (Lipinski definition) is 0. The van der Waals surface area contributed by atoms with Crippen molar-refractivity contribution in [2.75, 3.05) is 0 Å². The first-order valence-electron chi connectivity index (χ1n) is 2.28. The van der Waals surface area contributed by atoms with Crippen LogP contribution in [0.4, 0.5) is 0 Å². The number of hydrogen-bond acceptors (Lipinski definition) is 1. The van der Waals surface area contributed by atoms with Crippen molar-refractivity contribution in [2.45, 2.75) is 0 Å². The van der Waals surface area contributed by atoms with Gasteiger partial charge in [0.25, 0.3) is 0 Å². The van der Waals surface area contributed by atoms with E-state index in [1.165, 1.54) is 0 Å². The van der Waals surface area contributed by atoms with Crippen molar-refractivity contribution in [3.63, 3.8) is 0 Å². The second-order valence-corrected chi connectivity index (χ2v) is 2.74. The van der Waals surface area contributed by atoms with E-state index in [0.717, 1.165) is 4.46 Å². The second kappa shape index (κ2) is 5.48. The summed E-state index contributed by atoms with van der Waals surface area (Å²) in [7, 11) is 0. The Morgan fingerprint density at radius 3 is 2.00 bits per heavy atom. The Balaban J connectivity index is 0.000000640. The molecule has 3 heteroatoms. The van der Waals surface area contributed by atoms with Gasteiger partial charge in [0.05, 0.1) is 0 Å². The molecule has 0 bridgehead atoms. The summed E-state index contributed by atoms with van der Waals surface area (Å²) in [6.45, 7) is 0. The average molecular weight is 195 g/mol. The third-order valence-electron chi connectivity index (χ3n) is 0.839. The minimum absolute atomic E-state index is 0. The molecule has 1 aromatic carbocycles. The zero-order valence-electron chi connectivity index (χ0n) is 5.20. The molecule has 0 aliphatic rings. The SMILES string of the molecule is [Na+].[O-][Se]c1ccccc1. The van der Waals surface area contributed by atoms with Crippen molar-refractivity contribution >= 4 is 19.7 Å². The molecule has 0 radical (unpaired) electrons. The predicted octanol–water partition coefficient (Wildman–Crippen LogP) is -3.70. The molecule has 0 saturated heterocycles. The van der Waals surface area contributed by atoms with E-state index in [1.54, 1.807) is 0 Å². The molecule has 42 valence electrons. The molecule has 0 unspecified atom stereocenters. The summed E-state index contributed by atoms with van der Waals surface area (Å²) in [4.78, 5) is 0. The van der Waals surface area contributed by atoms with Crippen LogP contribution in [-0.2, 0) is 0 Å². The van der Waals surface area contributed by atoms with Gasteiger partial charge in [0.1, 0.15) is 0 Å². The average Bonchev–Trinajstić information content (AvgIpc) is 1.90. The molecule has 0 amide bonds. The van der Waals surface area contributed by atoms with Gasteiger partial charge in [-0.05, 0) is 0 Å². The van der Waals surface area contributed by atoms with E-state index in [2.05, 4.69) is 0 Å². The van der Waals surface area contributed by atoms with Gasteiger partial charge in [-0.15, -0.1) is 0 Å². The van der Waals surface area contributed by atoms with Crippen LogP contribution in [0.3, 0.4) is 0 Å². The number of rotatable bonds is 1. The van der Waals surface area contributed by atoms with E-state index < -0.39 is 15.3 Å². The van der Waals surface area contributed by atoms with E-state index in [9.17, 15) is 4.19 Å². The molecule has 0 heterocycles. The number of benzene rings is 1. The molecular weight excluding hydrogens is 190 g/mol. The molecule has 1 nitrogen and oxygen atoms in total. The van der Waals surface area contributed by atoms with Gasteiger partial charge in [0.2, 0.25) is 0 Å². The monoisotopic (exact) mass is 196 g/mol. The zero-order chi connectivity index (χ0) is 5.82. The maximum atomic E-state index is 10.2. The molecule has 0 aliphatic heterocycles. The third kappa shape index (κ3) is 3.41. The predicted molar refractivity (Wildman–Crippen MR) is 31.8 cm³/mol. The second-order valence-electron chi connectivity index (χ2n) is 1.40. The molecule has 0 fully saturated rings. The van der Waals surface area contributed by atoms with Crippen LogP contribution in [0.15, 0.2) is 30.3 Å². The fourth-order valence-corrected chi connectivity index (χ4v) is 1.04. The van der Waals surface area contributed by atoms with Crippen LogP contribution in [0.5, 0.6) is 0 Å². The standard InChI is InChI=1S/C6H6OSe.Na/c7-8-6-4-2-1-3-5-6;/h1-5,7H;/q;+1/p-1. The topological polar surface area (TPSA) is 23.1 Å². The summed E-state index contributed by atoms with van der Waals surface area (Å²) in [6.07, 6.45) is 0. The van der Waals surface area contributed by atoms with Crippen LogP contribution in [0.1, 0.15) is 0 Å². The maximum absolute atomic E-state index is 10.2. The third-order valence-corrected chi connectivity index (χ3v) is 1.81. The minimum atomic E-state index is -0.582. The van der Waals surface area contributed by atoms with Crippen molar-refractivity contribution in [3.05, 3.63) is 30.3 Å². The first kappa shape index (κ1) is 9.70. The quantitative estimate of drug-likeness (QED) is 0.423. The first-order valence-corrected chi connectivity index (χ1v) is 3.84. The van der Waals surface area contributed by atoms with Crippen LogP contribution in [0.2, 0.25) is 0 Å². The van der Waals surface area contributed by atoms with E-state index >= 15 is 0 Å². The van der Waals surface area contributed by atoms with Crippen LogP contribution >= 0.6 is 0 Å². The molecule has 0 atom stereocenters. The Bertz CT molecular complexity index is 154. The molecule has 9 heavy (non-hydrogen) atoms. The molecular formula is C6H5NaOSe. The molecule has 0 N–H and O–H groups in total. The molecule has 0 saturated carbocycles. The Morgan fingerprint density at radius 1 is 1.11 bits per heavy atom.